The predicted octanol–water partition coefficient (Wildman–Crippen LogP) is 3.65. The van der Waals surface area contributed by atoms with Gasteiger partial charge in [0, 0.05) is 5.56 Å². The molecule has 0 aliphatic heterocycles. The monoisotopic (exact) mass is 227 g/mol. The van der Waals surface area contributed by atoms with Crippen LogP contribution in [-0.2, 0) is 0 Å². The first-order chi connectivity index (χ1) is 7.54. The summed E-state index contributed by atoms with van der Waals surface area (Å²) in [6.07, 6.45) is -0.640. The fourth-order valence-electron chi connectivity index (χ4n) is 1.22. The van der Waals surface area contributed by atoms with Crippen molar-refractivity contribution in [3.8, 4) is 16.9 Å². The van der Waals surface area contributed by atoms with Crippen molar-refractivity contribution >= 4 is 0 Å². The van der Waals surface area contributed by atoms with E-state index in [4.69, 9.17) is 4.42 Å². The van der Waals surface area contributed by atoms with Gasteiger partial charge in [-0.05, 0) is 23.8 Å². The molecule has 5 heteroatoms. The lowest BCUT2D eigenvalue weighted by molar-refractivity contribution is -0.274. The lowest BCUT2D eigenvalue weighted by Crippen LogP contribution is -2.16. The lowest BCUT2D eigenvalue weighted by atomic mass is 10.1. The smallest absolute Gasteiger partial charge is 0.460 e. The van der Waals surface area contributed by atoms with E-state index in [0.29, 0.717) is 11.1 Å². The molecular formula is C11H6F3O2. The van der Waals surface area contributed by atoms with E-state index in [1.807, 2.05) is 0 Å². The van der Waals surface area contributed by atoms with Crippen molar-refractivity contribution in [2.24, 2.45) is 0 Å². The Balaban J connectivity index is 2.17. The zero-order chi connectivity index (χ0) is 11.6. The maximum absolute atomic E-state index is 11.9. The molecule has 2 nitrogen and oxygen atoms in total. The molecule has 0 saturated carbocycles. The van der Waals surface area contributed by atoms with Gasteiger partial charge in [0.05, 0.1) is 6.26 Å². The molecule has 1 aromatic heterocycles. The van der Waals surface area contributed by atoms with Crippen LogP contribution in [0.4, 0.5) is 13.2 Å². The summed E-state index contributed by atoms with van der Waals surface area (Å²) in [6, 6.07) is 7.15. The molecule has 83 valence electrons. The van der Waals surface area contributed by atoms with Gasteiger partial charge in [0.15, 0.2) is 6.26 Å². The lowest BCUT2D eigenvalue weighted by Gasteiger charge is -2.08. The van der Waals surface area contributed by atoms with Crippen LogP contribution < -0.4 is 4.74 Å². The Hall–Kier alpha value is -1.91. The number of alkyl halides is 3. The summed E-state index contributed by atoms with van der Waals surface area (Å²) >= 11 is 0. The second kappa shape index (κ2) is 3.92. The largest absolute Gasteiger partial charge is 0.573 e. The molecular weight excluding hydrogens is 221 g/mol. The summed E-state index contributed by atoms with van der Waals surface area (Å²) in [6.45, 7) is 0. The van der Waals surface area contributed by atoms with Crippen LogP contribution in [0.25, 0.3) is 11.1 Å². The highest BCUT2D eigenvalue weighted by Crippen LogP contribution is 2.26. The minimum atomic E-state index is -4.66. The van der Waals surface area contributed by atoms with Crippen LogP contribution in [-0.4, -0.2) is 6.36 Å². The van der Waals surface area contributed by atoms with Crippen molar-refractivity contribution < 1.29 is 22.3 Å². The quantitative estimate of drug-likeness (QED) is 0.781. The van der Waals surface area contributed by atoms with E-state index >= 15 is 0 Å². The fourth-order valence-corrected chi connectivity index (χ4v) is 1.22. The van der Waals surface area contributed by atoms with Crippen LogP contribution in [0.3, 0.4) is 0 Å². The Kier molecular flexibility index (Phi) is 2.60. The van der Waals surface area contributed by atoms with Gasteiger partial charge in [0.25, 0.3) is 0 Å². The Morgan fingerprint density at radius 1 is 1.06 bits per heavy atom. The van der Waals surface area contributed by atoms with E-state index in [9.17, 15) is 13.2 Å². The Morgan fingerprint density at radius 2 is 1.75 bits per heavy atom. The number of ether oxygens (including phenoxy) is 1. The first-order valence-corrected chi connectivity index (χ1v) is 4.36. The van der Waals surface area contributed by atoms with Crippen molar-refractivity contribution in [2.75, 3.05) is 0 Å². The van der Waals surface area contributed by atoms with Crippen molar-refractivity contribution in [3.63, 3.8) is 0 Å². The molecule has 0 atom stereocenters. The minimum absolute atomic E-state index is 0.250. The first-order valence-electron chi connectivity index (χ1n) is 4.36. The third-order valence-electron chi connectivity index (χ3n) is 1.87. The minimum Gasteiger partial charge on any atom is -0.460 e. The first kappa shape index (κ1) is 10.6. The molecule has 0 fully saturated rings. The summed E-state index contributed by atoms with van der Waals surface area (Å²) in [5, 5.41) is 0. The zero-order valence-electron chi connectivity index (χ0n) is 7.91. The summed E-state index contributed by atoms with van der Waals surface area (Å²) < 4.78 is 44.1. The Labute approximate surface area is 89.3 Å². The highest BCUT2D eigenvalue weighted by molar-refractivity contribution is 5.62. The van der Waals surface area contributed by atoms with Crippen molar-refractivity contribution in [2.45, 2.75) is 6.36 Å². The fraction of sp³-hybridized carbons (Fsp3) is 0.0909. The van der Waals surface area contributed by atoms with Crippen LogP contribution in [0.1, 0.15) is 0 Å². The van der Waals surface area contributed by atoms with E-state index in [-0.39, 0.29) is 5.75 Å². The second-order valence-electron chi connectivity index (χ2n) is 3.01. The van der Waals surface area contributed by atoms with Crippen molar-refractivity contribution in [3.05, 3.63) is 42.9 Å². The molecule has 0 N–H and O–H groups in total. The van der Waals surface area contributed by atoms with E-state index in [0.717, 1.165) is 0 Å². The average molecular weight is 227 g/mol. The van der Waals surface area contributed by atoms with Crippen LogP contribution >= 0.6 is 0 Å². The normalized spacial score (nSPS) is 11.4. The standard InChI is InChI=1S/C11H6F3O2/c12-11(13,14)16-10-3-1-8(2-4-10)9-5-6-15-7-9/h1-6H. The molecule has 2 rings (SSSR count). The van der Waals surface area contributed by atoms with Gasteiger partial charge in [-0.25, -0.2) is 0 Å². The van der Waals surface area contributed by atoms with E-state index < -0.39 is 6.36 Å². The molecule has 0 aliphatic rings. The molecule has 0 spiro atoms. The number of rotatable bonds is 2. The van der Waals surface area contributed by atoms with Gasteiger partial charge in [0.1, 0.15) is 5.75 Å². The molecule has 1 aromatic carbocycles. The third-order valence-corrected chi connectivity index (χ3v) is 1.87. The van der Waals surface area contributed by atoms with Crippen LogP contribution in [0.15, 0.2) is 41.0 Å². The Morgan fingerprint density at radius 3 is 2.25 bits per heavy atom. The van der Waals surface area contributed by atoms with Crippen molar-refractivity contribution in [1.82, 2.24) is 0 Å². The molecule has 1 radical (unpaired) electrons. The molecule has 0 bridgehead atoms. The SMILES string of the molecule is FC(F)(F)Oc1ccc(-c2[c]occ2)cc1. The maximum Gasteiger partial charge on any atom is 0.573 e. The van der Waals surface area contributed by atoms with Crippen LogP contribution in [0, 0.1) is 6.26 Å². The number of benzene rings is 1. The van der Waals surface area contributed by atoms with E-state index in [1.165, 1.54) is 30.5 Å². The number of hydrogen-bond donors (Lipinski definition) is 0. The summed E-state index contributed by atoms with van der Waals surface area (Å²) in [5.41, 5.74) is 1.39. The van der Waals surface area contributed by atoms with Gasteiger partial charge in [0.2, 0.25) is 0 Å². The molecule has 16 heavy (non-hydrogen) atoms. The van der Waals surface area contributed by atoms with Crippen LogP contribution in [0.2, 0.25) is 0 Å². The summed E-state index contributed by atoms with van der Waals surface area (Å²) in [7, 11) is 0. The summed E-state index contributed by atoms with van der Waals surface area (Å²) in [5.74, 6) is -0.250. The number of hydrogen-bond acceptors (Lipinski definition) is 2. The molecule has 1 heterocycles. The summed E-state index contributed by atoms with van der Waals surface area (Å²) in [4.78, 5) is 0. The molecule has 0 saturated heterocycles. The second-order valence-corrected chi connectivity index (χ2v) is 3.01. The topological polar surface area (TPSA) is 22.4 Å². The zero-order valence-corrected chi connectivity index (χ0v) is 7.91. The maximum atomic E-state index is 11.9. The van der Waals surface area contributed by atoms with Crippen LogP contribution in [0.5, 0.6) is 5.75 Å². The molecule has 0 unspecified atom stereocenters. The molecule has 0 amide bonds. The average Bonchev–Trinajstić information content (AvgIpc) is 2.69. The number of halogens is 3. The predicted molar refractivity (Wildman–Crippen MR) is 49.7 cm³/mol. The highest BCUT2D eigenvalue weighted by atomic mass is 19.4. The third kappa shape index (κ3) is 2.56. The number of furan rings is 1. The molecule has 2 aromatic rings. The highest BCUT2D eigenvalue weighted by Gasteiger charge is 2.30. The van der Waals surface area contributed by atoms with E-state index in [2.05, 4.69) is 11.0 Å². The van der Waals surface area contributed by atoms with Gasteiger partial charge >= 0.3 is 6.36 Å². The van der Waals surface area contributed by atoms with Gasteiger partial charge in [-0.3, -0.25) is 0 Å². The van der Waals surface area contributed by atoms with Gasteiger partial charge in [-0.2, -0.15) is 0 Å². The Bertz CT molecular complexity index is 443. The van der Waals surface area contributed by atoms with Gasteiger partial charge in [-0.1, -0.05) is 12.1 Å². The van der Waals surface area contributed by atoms with Crippen molar-refractivity contribution in [1.29, 1.82) is 0 Å². The van der Waals surface area contributed by atoms with E-state index in [1.54, 1.807) is 6.07 Å². The van der Waals surface area contributed by atoms with Gasteiger partial charge < -0.3 is 9.15 Å². The van der Waals surface area contributed by atoms with Gasteiger partial charge in [-0.15, -0.1) is 13.2 Å². The molecule has 0 aliphatic carbocycles.